The van der Waals surface area contributed by atoms with Crippen LogP contribution >= 0.6 is 0 Å². The second-order valence-electron chi connectivity index (χ2n) is 8.88. The fourth-order valence-electron chi connectivity index (χ4n) is 3.07. The van der Waals surface area contributed by atoms with Crippen LogP contribution in [0.25, 0.3) is 0 Å². The third kappa shape index (κ3) is 31.7. The minimum Gasteiger partial charge on any atom is -0.481 e. The molecule has 0 atom stereocenters. The molecule has 0 saturated heterocycles. The predicted octanol–water partition coefficient (Wildman–Crippen LogP) is 2.64. The van der Waals surface area contributed by atoms with Crippen molar-refractivity contribution in [3.8, 4) is 0 Å². The number of aliphatic carboxylic acids is 4. The van der Waals surface area contributed by atoms with Crippen molar-refractivity contribution in [1.82, 2.24) is 0 Å². The first-order chi connectivity index (χ1) is 17.4. The molecule has 0 spiro atoms. The number of hydrogen-bond donors (Lipinski definition) is 8. The molecule has 0 saturated carbocycles. The zero-order chi connectivity index (χ0) is 29.1. The lowest BCUT2D eigenvalue weighted by Crippen LogP contribution is -2.42. The van der Waals surface area contributed by atoms with Crippen molar-refractivity contribution in [3.05, 3.63) is 0 Å². The van der Waals surface area contributed by atoms with Crippen molar-refractivity contribution in [2.24, 2.45) is 0 Å². The van der Waals surface area contributed by atoms with Crippen molar-refractivity contribution in [1.29, 1.82) is 0 Å². The number of carboxylic acid groups (broad SMARTS) is 4. The standard InChI is InChI=1S/C16H32O2.C6H8O7.C3H8O3/c1-2-3-4-5-6-7-8-9-10-11-12-13-14-15-16(17)18;7-3(8)1-6(13,5(11)12)2-4(9)10;4-1-3(6)2-5/h2-15H2,1H3,(H,17,18);13H,1-2H2,(H,7,8)(H,9,10)(H,11,12);3-6H,1-2H2. The zero-order valence-electron chi connectivity index (χ0n) is 22.0. The molecule has 0 aromatic carbocycles. The normalized spacial score (nSPS) is 10.6. The van der Waals surface area contributed by atoms with Gasteiger partial charge in [0.05, 0.1) is 26.1 Å². The number of unbranched alkanes of at least 4 members (excludes halogenated alkanes) is 12. The van der Waals surface area contributed by atoms with Gasteiger partial charge in [-0.3, -0.25) is 14.4 Å². The van der Waals surface area contributed by atoms with Crippen molar-refractivity contribution in [2.75, 3.05) is 13.2 Å². The minimum absolute atomic E-state index is 0.345. The monoisotopic (exact) mass is 540 g/mol. The maximum atomic E-state index is 10.3. The third-order valence-electron chi connectivity index (χ3n) is 5.20. The summed E-state index contributed by atoms with van der Waals surface area (Å²) in [5.41, 5.74) is -2.74. The van der Waals surface area contributed by atoms with Gasteiger partial charge in [0.25, 0.3) is 0 Å². The maximum absolute atomic E-state index is 10.3. The molecule has 0 aromatic rings. The predicted molar refractivity (Wildman–Crippen MR) is 135 cm³/mol. The Morgan fingerprint density at radius 2 is 0.919 bits per heavy atom. The summed E-state index contributed by atoms with van der Waals surface area (Å²) in [5, 5.41) is 66.3. The molecule has 37 heavy (non-hydrogen) atoms. The van der Waals surface area contributed by atoms with E-state index in [0.717, 1.165) is 12.8 Å². The number of aliphatic hydroxyl groups is 4. The van der Waals surface area contributed by atoms with Gasteiger partial charge in [0, 0.05) is 6.42 Å². The fraction of sp³-hybridized carbons (Fsp3) is 0.840. The summed E-state index contributed by atoms with van der Waals surface area (Å²) in [6.07, 6.45) is 14.0. The molecule has 0 aliphatic carbocycles. The summed E-state index contributed by atoms with van der Waals surface area (Å²) < 4.78 is 0. The minimum atomic E-state index is -2.74. The highest BCUT2D eigenvalue weighted by molar-refractivity contribution is 5.88. The van der Waals surface area contributed by atoms with Crippen molar-refractivity contribution < 1.29 is 60.0 Å². The maximum Gasteiger partial charge on any atom is 0.336 e. The van der Waals surface area contributed by atoms with E-state index in [1.54, 1.807) is 0 Å². The summed E-state index contributed by atoms with van der Waals surface area (Å²) >= 11 is 0. The Morgan fingerprint density at radius 3 is 1.14 bits per heavy atom. The Labute approximate surface area is 219 Å². The number of hydrogen-bond acceptors (Lipinski definition) is 8. The van der Waals surface area contributed by atoms with Gasteiger partial charge in [-0.05, 0) is 6.42 Å². The molecule has 0 fully saturated rings. The van der Waals surface area contributed by atoms with Crippen LogP contribution in [0.3, 0.4) is 0 Å². The van der Waals surface area contributed by atoms with Crippen molar-refractivity contribution in [2.45, 2.75) is 121 Å². The Kier molecular flexibility index (Phi) is 28.4. The highest BCUT2D eigenvalue weighted by Gasteiger charge is 2.40. The summed E-state index contributed by atoms with van der Waals surface area (Å²) in [6, 6.07) is 0. The third-order valence-corrected chi connectivity index (χ3v) is 5.20. The SMILES string of the molecule is CCCCCCCCCCCCCCCC(=O)O.O=C(O)CC(O)(CC(=O)O)C(=O)O.OCC(O)CO. The number of rotatable bonds is 21. The van der Waals surface area contributed by atoms with E-state index in [4.69, 9.17) is 40.9 Å². The average Bonchev–Trinajstić information content (AvgIpc) is 2.81. The quantitative estimate of drug-likeness (QED) is 0.0982. The molecule has 0 aliphatic rings. The van der Waals surface area contributed by atoms with Gasteiger partial charge in [-0.15, -0.1) is 0 Å². The smallest absolute Gasteiger partial charge is 0.336 e. The lowest BCUT2D eigenvalue weighted by molar-refractivity contribution is -0.170. The van der Waals surface area contributed by atoms with Crippen molar-refractivity contribution in [3.63, 3.8) is 0 Å². The molecule has 12 heteroatoms. The second kappa shape index (κ2) is 26.8. The topological polar surface area (TPSA) is 230 Å². The highest BCUT2D eigenvalue weighted by atomic mass is 16.4. The van der Waals surface area contributed by atoms with Crippen molar-refractivity contribution >= 4 is 23.9 Å². The molecule has 0 rings (SSSR count). The first-order valence-corrected chi connectivity index (χ1v) is 12.9. The lowest BCUT2D eigenvalue weighted by Gasteiger charge is -2.18. The average molecular weight is 541 g/mol. The van der Waals surface area contributed by atoms with Gasteiger partial charge in [0.1, 0.15) is 6.10 Å². The lowest BCUT2D eigenvalue weighted by atomic mass is 9.96. The molecule has 0 heterocycles. The molecule has 0 amide bonds. The molecule has 0 radical (unpaired) electrons. The van der Waals surface area contributed by atoms with Gasteiger partial charge in [0.15, 0.2) is 5.60 Å². The first kappa shape index (κ1) is 39.2. The van der Waals surface area contributed by atoms with E-state index in [0.29, 0.717) is 6.42 Å². The van der Waals surface area contributed by atoms with Crippen LogP contribution in [0, 0.1) is 0 Å². The Balaban J connectivity index is -0.000000529. The van der Waals surface area contributed by atoms with Crippen LogP contribution in [0.2, 0.25) is 0 Å². The van der Waals surface area contributed by atoms with Gasteiger partial charge < -0.3 is 40.9 Å². The van der Waals surface area contributed by atoms with Crippen LogP contribution in [0.4, 0.5) is 0 Å². The van der Waals surface area contributed by atoms with Crippen LogP contribution in [0.5, 0.6) is 0 Å². The van der Waals surface area contributed by atoms with E-state index in [1.165, 1.54) is 70.6 Å². The van der Waals surface area contributed by atoms with E-state index in [1.807, 2.05) is 0 Å². The molecule has 0 aliphatic heterocycles. The molecule has 8 N–H and O–H groups in total. The Morgan fingerprint density at radius 1 is 0.595 bits per heavy atom. The fourth-order valence-corrected chi connectivity index (χ4v) is 3.07. The Bertz CT molecular complexity index is 574. The summed E-state index contributed by atoms with van der Waals surface area (Å²) in [5.74, 6) is -5.67. The first-order valence-electron chi connectivity index (χ1n) is 12.9. The Hall–Kier alpha value is -2.28. The number of aliphatic hydroxyl groups excluding tert-OH is 3. The van der Waals surface area contributed by atoms with Crippen LogP contribution < -0.4 is 0 Å². The van der Waals surface area contributed by atoms with E-state index >= 15 is 0 Å². The molecule has 12 nitrogen and oxygen atoms in total. The molecule has 220 valence electrons. The zero-order valence-corrected chi connectivity index (χ0v) is 22.0. The number of carboxylic acids is 4. The van der Waals surface area contributed by atoms with E-state index in [9.17, 15) is 19.2 Å². The van der Waals surface area contributed by atoms with Gasteiger partial charge in [-0.25, -0.2) is 4.79 Å². The second-order valence-corrected chi connectivity index (χ2v) is 8.88. The molecular formula is C25H48O12. The van der Waals surface area contributed by atoms with Gasteiger partial charge in [-0.2, -0.15) is 0 Å². The van der Waals surface area contributed by atoms with Crippen LogP contribution in [0.1, 0.15) is 110 Å². The molecule has 0 bridgehead atoms. The van der Waals surface area contributed by atoms with E-state index in [-0.39, 0.29) is 13.2 Å². The van der Waals surface area contributed by atoms with Crippen LogP contribution in [-0.2, 0) is 19.2 Å². The molecule has 0 aromatic heterocycles. The number of carbonyl (C=O) groups is 4. The summed E-state index contributed by atoms with van der Waals surface area (Å²) in [4.78, 5) is 40.8. The van der Waals surface area contributed by atoms with E-state index < -0.39 is 48.4 Å². The van der Waals surface area contributed by atoms with Gasteiger partial charge in [-0.1, -0.05) is 84.0 Å². The van der Waals surface area contributed by atoms with Crippen LogP contribution in [0.15, 0.2) is 0 Å². The summed E-state index contributed by atoms with van der Waals surface area (Å²) in [6.45, 7) is 1.53. The highest BCUT2D eigenvalue weighted by Crippen LogP contribution is 2.16. The van der Waals surface area contributed by atoms with Gasteiger partial charge in [0.2, 0.25) is 0 Å². The molecule has 0 unspecified atom stereocenters. The van der Waals surface area contributed by atoms with Gasteiger partial charge >= 0.3 is 23.9 Å². The van der Waals surface area contributed by atoms with Crippen LogP contribution in [-0.4, -0.2) is 89.6 Å². The largest absolute Gasteiger partial charge is 0.481 e. The van der Waals surface area contributed by atoms with E-state index in [2.05, 4.69) is 6.92 Å². The molecular weight excluding hydrogens is 492 g/mol. The summed E-state index contributed by atoms with van der Waals surface area (Å²) in [7, 11) is 0.